The molecule has 28 heavy (non-hydrogen) atoms. The topological polar surface area (TPSA) is 62.9 Å². The van der Waals surface area contributed by atoms with Gasteiger partial charge in [0.2, 0.25) is 0 Å². The van der Waals surface area contributed by atoms with Gasteiger partial charge in [-0.3, -0.25) is 0 Å². The van der Waals surface area contributed by atoms with Gasteiger partial charge in [-0.1, -0.05) is 42.5 Å². The lowest BCUT2D eigenvalue weighted by Gasteiger charge is -2.41. The van der Waals surface area contributed by atoms with Crippen LogP contribution in [-0.2, 0) is 10.3 Å². The van der Waals surface area contributed by atoms with E-state index in [0.717, 1.165) is 5.57 Å². The molecule has 0 radical (unpaired) electrons. The summed E-state index contributed by atoms with van der Waals surface area (Å²) in [4.78, 5) is 14.1. The number of rotatable bonds is 3. The Bertz CT molecular complexity index is 787. The highest BCUT2D eigenvalue weighted by Crippen LogP contribution is 2.43. The summed E-state index contributed by atoms with van der Waals surface area (Å²) in [6.45, 7) is 6.67. The molecule has 1 amide bonds. The smallest absolute Gasteiger partial charge is 0.410 e. The fourth-order valence-corrected chi connectivity index (χ4v) is 3.70. The highest BCUT2D eigenvalue weighted by molar-refractivity contribution is 5.68. The van der Waals surface area contributed by atoms with Crippen LogP contribution in [0.2, 0.25) is 0 Å². The Hall–Kier alpha value is -2.53. The summed E-state index contributed by atoms with van der Waals surface area (Å²) < 4.78 is 11.1. The van der Waals surface area contributed by atoms with Crippen LogP contribution >= 0.6 is 0 Å². The van der Waals surface area contributed by atoms with Crippen LogP contribution in [0.15, 0.2) is 70.9 Å². The van der Waals surface area contributed by atoms with Crippen LogP contribution in [0.25, 0.3) is 0 Å². The molecule has 5 nitrogen and oxygen atoms in total. The number of furan rings is 1. The number of nitrogens with zero attached hydrogens (tertiary/aromatic N) is 1. The third-order valence-corrected chi connectivity index (χ3v) is 5.07. The zero-order valence-corrected chi connectivity index (χ0v) is 16.8. The van der Waals surface area contributed by atoms with Crippen LogP contribution in [0.3, 0.4) is 0 Å². The molecule has 1 atom stereocenters. The average molecular weight is 383 g/mol. The molecule has 150 valence electrons. The standard InChI is InChI=1S/C23H29NO4/c1-22(2,3)28-21(25)24-15-13-19(14-16-24)23(26,20-12-9-17-27-20)18-10-7-5-4-6-8-11-18/h4-12,17,19,26H,13-16H2,1-3H3/b5-4+,6-4?,7-5?,8-6-,10-7?,11-8?,18-10?,18-11?. The average Bonchev–Trinajstić information content (AvgIpc) is 3.15. The second-order valence-corrected chi connectivity index (χ2v) is 8.24. The van der Waals surface area contributed by atoms with Crippen molar-refractivity contribution >= 4 is 6.09 Å². The van der Waals surface area contributed by atoms with Gasteiger partial charge in [0.15, 0.2) is 0 Å². The number of carbonyl (C=O) groups excluding carboxylic acids is 1. The zero-order chi connectivity index (χ0) is 20.2. The summed E-state index contributed by atoms with van der Waals surface area (Å²) in [6.07, 6.45) is 16.1. The van der Waals surface area contributed by atoms with Crippen LogP contribution < -0.4 is 0 Å². The summed E-state index contributed by atoms with van der Waals surface area (Å²) in [7, 11) is 0. The summed E-state index contributed by atoms with van der Waals surface area (Å²) in [5, 5.41) is 11.8. The van der Waals surface area contributed by atoms with Crippen molar-refractivity contribution in [2.75, 3.05) is 13.1 Å². The van der Waals surface area contributed by atoms with Crippen molar-refractivity contribution in [3.8, 4) is 0 Å². The van der Waals surface area contributed by atoms with Gasteiger partial charge in [-0.25, -0.2) is 4.79 Å². The Morgan fingerprint density at radius 1 is 1.14 bits per heavy atom. The predicted octanol–water partition coefficient (Wildman–Crippen LogP) is 4.72. The van der Waals surface area contributed by atoms with Gasteiger partial charge in [0, 0.05) is 19.0 Å². The van der Waals surface area contributed by atoms with Crippen molar-refractivity contribution in [3.63, 3.8) is 0 Å². The maximum Gasteiger partial charge on any atom is 0.410 e. The highest BCUT2D eigenvalue weighted by Gasteiger charge is 2.45. The number of ether oxygens (including phenoxy) is 1. The van der Waals surface area contributed by atoms with Crippen LogP contribution in [0.5, 0.6) is 0 Å². The van der Waals surface area contributed by atoms with Crippen LogP contribution in [0.4, 0.5) is 4.79 Å². The van der Waals surface area contributed by atoms with Crippen molar-refractivity contribution in [3.05, 3.63) is 72.3 Å². The van der Waals surface area contributed by atoms with Gasteiger partial charge >= 0.3 is 6.09 Å². The van der Waals surface area contributed by atoms with E-state index < -0.39 is 11.2 Å². The number of carbonyl (C=O) groups is 1. The van der Waals surface area contributed by atoms with Crippen molar-refractivity contribution < 1.29 is 19.1 Å². The van der Waals surface area contributed by atoms with Gasteiger partial charge in [-0.05, 0) is 51.3 Å². The summed E-state index contributed by atoms with van der Waals surface area (Å²) in [5.74, 6) is 0.446. The van der Waals surface area contributed by atoms with Gasteiger partial charge in [-0.2, -0.15) is 0 Å². The lowest BCUT2D eigenvalue weighted by atomic mass is 9.73. The minimum Gasteiger partial charge on any atom is -0.466 e. The second kappa shape index (κ2) is 8.23. The number of likely N-dealkylation sites (tertiary alicyclic amines) is 1. The minimum atomic E-state index is -1.25. The summed E-state index contributed by atoms with van der Waals surface area (Å²) in [6, 6.07) is 3.60. The molecule has 1 aromatic rings. The molecule has 2 heterocycles. The van der Waals surface area contributed by atoms with E-state index in [-0.39, 0.29) is 12.0 Å². The number of amides is 1. The first-order valence-corrected chi connectivity index (χ1v) is 9.77. The molecule has 0 bridgehead atoms. The Morgan fingerprint density at radius 3 is 2.46 bits per heavy atom. The maximum absolute atomic E-state index is 12.4. The van der Waals surface area contributed by atoms with E-state index in [1.807, 2.05) is 69.4 Å². The Morgan fingerprint density at radius 2 is 1.82 bits per heavy atom. The maximum atomic E-state index is 12.4. The van der Waals surface area contributed by atoms with E-state index in [0.29, 0.717) is 31.7 Å². The molecule has 5 heteroatoms. The molecule has 3 rings (SSSR count). The molecular formula is C23H29NO4. The first-order chi connectivity index (χ1) is 13.3. The molecule has 0 saturated carbocycles. The molecule has 1 unspecified atom stereocenters. The third-order valence-electron chi connectivity index (χ3n) is 5.07. The van der Waals surface area contributed by atoms with E-state index in [2.05, 4.69) is 0 Å². The highest BCUT2D eigenvalue weighted by atomic mass is 16.6. The van der Waals surface area contributed by atoms with Crippen molar-refractivity contribution in [2.45, 2.75) is 44.8 Å². The second-order valence-electron chi connectivity index (χ2n) is 8.24. The van der Waals surface area contributed by atoms with Crippen molar-refractivity contribution in [2.24, 2.45) is 5.92 Å². The predicted molar refractivity (Wildman–Crippen MR) is 109 cm³/mol. The van der Waals surface area contributed by atoms with Gasteiger partial charge in [-0.15, -0.1) is 0 Å². The molecule has 1 aliphatic carbocycles. The van der Waals surface area contributed by atoms with Gasteiger partial charge in [0.05, 0.1) is 6.26 Å². The number of allylic oxidation sites excluding steroid dienone is 6. The SMILES string of the molecule is CC(C)(C)OC(=O)N1CCC(C(O)(C2=C/C=C\C=C\C=C2)c2ccco2)CC1. The number of hydrogen-bond acceptors (Lipinski definition) is 4. The van der Waals surface area contributed by atoms with E-state index in [1.54, 1.807) is 17.2 Å². The van der Waals surface area contributed by atoms with Gasteiger partial charge in [0.1, 0.15) is 17.0 Å². The van der Waals surface area contributed by atoms with Crippen LogP contribution in [0.1, 0.15) is 39.4 Å². The molecule has 0 spiro atoms. The molecule has 1 N–H and O–H groups in total. The van der Waals surface area contributed by atoms with Gasteiger partial charge in [0.25, 0.3) is 0 Å². The summed E-state index contributed by atoms with van der Waals surface area (Å²) in [5.41, 5.74) is -0.994. The molecule has 1 saturated heterocycles. The Balaban J connectivity index is 1.81. The number of aliphatic hydroxyl groups is 1. The Kier molecular flexibility index (Phi) is 5.94. The van der Waals surface area contributed by atoms with Crippen LogP contribution in [0, 0.1) is 5.92 Å². The van der Waals surface area contributed by atoms with Crippen molar-refractivity contribution in [1.29, 1.82) is 0 Å². The third kappa shape index (κ3) is 4.47. The summed E-state index contributed by atoms with van der Waals surface area (Å²) >= 11 is 0. The van der Waals surface area contributed by atoms with E-state index in [4.69, 9.17) is 9.15 Å². The molecule has 1 aliphatic heterocycles. The molecule has 1 fully saturated rings. The van der Waals surface area contributed by atoms with Crippen molar-refractivity contribution in [1.82, 2.24) is 4.90 Å². The molecule has 1 aromatic heterocycles. The van der Waals surface area contributed by atoms with E-state index in [1.165, 1.54) is 0 Å². The number of hydrogen-bond donors (Lipinski definition) is 1. The van der Waals surface area contributed by atoms with Gasteiger partial charge < -0.3 is 19.2 Å². The monoisotopic (exact) mass is 383 g/mol. The largest absolute Gasteiger partial charge is 0.466 e. The quantitative estimate of drug-likeness (QED) is 0.820. The zero-order valence-electron chi connectivity index (χ0n) is 16.8. The first-order valence-electron chi connectivity index (χ1n) is 9.77. The van der Waals surface area contributed by atoms with E-state index in [9.17, 15) is 9.90 Å². The molecular weight excluding hydrogens is 354 g/mol. The Labute approximate surface area is 166 Å². The fourth-order valence-electron chi connectivity index (χ4n) is 3.70. The number of piperidine rings is 1. The minimum absolute atomic E-state index is 0.0787. The fraction of sp³-hybridized carbons (Fsp3) is 0.435. The molecule has 0 aromatic carbocycles. The lowest BCUT2D eigenvalue weighted by Crippen LogP contribution is -2.47. The lowest BCUT2D eigenvalue weighted by molar-refractivity contribution is -0.0361. The van der Waals surface area contributed by atoms with Crippen LogP contribution in [-0.4, -0.2) is 34.8 Å². The molecule has 2 aliphatic rings. The van der Waals surface area contributed by atoms with E-state index >= 15 is 0 Å². The normalized spacial score (nSPS) is 22.6. The first kappa shape index (κ1) is 20.2.